The van der Waals surface area contributed by atoms with Gasteiger partial charge in [0.25, 0.3) is 21.8 Å². The molecule has 0 fully saturated rings. The largest absolute Gasteiger partial charge is 0.319 e. The van der Waals surface area contributed by atoms with E-state index in [1.165, 1.54) is 12.1 Å². The van der Waals surface area contributed by atoms with Crippen LogP contribution in [0, 0.1) is 11.6 Å². The zero-order chi connectivity index (χ0) is 19.2. The number of hydrogen-bond donors (Lipinski definition) is 1. The number of benzene rings is 2. The van der Waals surface area contributed by atoms with Crippen molar-refractivity contribution in [1.82, 2.24) is 4.31 Å². The van der Waals surface area contributed by atoms with Crippen molar-refractivity contribution in [2.75, 3.05) is 5.32 Å². The molecule has 1 aliphatic rings. The summed E-state index contributed by atoms with van der Waals surface area (Å²) in [5.74, 6) is -3.21. The lowest BCUT2D eigenvalue weighted by atomic mass is 10.1. The maximum atomic E-state index is 13.7. The van der Waals surface area contributed by atoms with Gasteiger partial charge in [-0.2, -0.15) is 0 Å². The highest BCUT2D eigenvalue weighted by Crippen LogP contribution is 2.32. The molecule has 0 radical (unpaired) electrons. The van der Waals surface area contributed by atoms with Crippen LogP contribution in [0.15, 0.2) is 41.3 Å². The van der Waals surface area contributed by atoms with E-state index in [1.54, 1.807) is 13.8 Å². The second kappa shape index (κ2) is 6.17. The molecule has 0 spiro atoms. The molecule has 0 bridgehead atoms. The molecule has 6 nitrogen and oxygen atoms in total. The molecule has 1 N–H and O–H groups in total. The summed E-state index contributed by atoms with van der Waals surface area (Å²) in [6.45, 7) is 3.12. The van der Waals surface area contributed by atoms with Crippen LogP contribution < -0.4 is 5.32 Å². The van der Waals surface area contributed by atoms with E-state index in [-0.39, 0.29) is 21.7 Å². The third kappa shape index (κ3) is 2.84. The first kappa shape index (κ1) is 18.0. The molecule has 2 aromatic rings. The van der Waals surface area contributed by atoms with Crippen LogP contribution in [0.3, 0.4) is 0 Å². The minimum absolute atomic E-state index is 0.0248. The van der Waals surface area contributed by atoms with Gasteiger partial charge in [0, 0.05) is 17.7 Å². The number of hydrogen-bond acceptors (Lipinski definition) is 4. The van der Waals surface area contributed by atoms with Crippen LogP contribution in [0.25, 0.3) is 0 Å². The van der Waals surface area contributed by atoms with Crippen molar-refractivity contribution in [2.45, 2.75) is 24.8 Å². The Hall–Kier alpha value is -2.81. The van der Waals surface area contributed by atoms with Gasteiger partial charge in [0.05, 0.1) is 11.3 Å². The number of rotatable bonds is 3. The molecule has 0 unspecified atom stereocenters. The van der Waals surface area contributed by atoms with Crippen LogP contribution >= 0.6 is 0 Å². The van der Waals surface area contributed by atoms with Gasteiger partial charge in [0.15, 0.2) is 0 Å². The van der Waals surface area contributed by atoms with Gasteiger partial charge in [-0.3, -0.25) is 9.59 Å². The maximum absolute atomic E-state index is 13.7. The zero-order valence-electron chi connectivity index (χ0n) is 13.8. The molecule has 2 aromatic carbocycles. The normalized spacial score (nSPS) is 15.3. The van der Waals surface area contributed by atoms with Gasteiger partial charge in [-0.15, -0.1) is 0 Å². The molecule has 0 aliphatic carbocycles. The van der Waals surface area contributed by atoms with Gasteiger partial charge < -0.3 is 5.32 Å². The minimum atomic E-state index is -4.06. The second-order valence-electron chi connectivity index (χ2n) is 5.99. The van der Waals surface area contributed by atoms with E-state index >= 15 is 0 Å². The molecular weight excluding hydrogens is 366 g/mol. The molecule has 26 heavy (non-hydrogen) atoms. The monoisotopic (exact) mass is 380 g/mol. The number of fused-ring (bicyclic) bond motifs is 1. The Kier molecular flexibility index (Phi) is 4.27. The Morgan fingerprint density at radius 1 is 1.12 bits per heavy atom. The van der Waals surface area contributed by atoms with Crippen LogP contribution in [0.4, 0.5) is 14.5 Å². The molecule has 3 rings (SSSR count). The molecule has 1 aliphatic heterocycles. The van der Waals surface area contributed by atoms with Gasteiger partial charge in [-0.1, -0.05) is 0 Å². The van der Waals surface area contributed by atoms with Gasteiger partial charge in [0.1, 0.15) is 16.5 Å². The third-order valence-electron chi connectivity index (χ3n) is 3.86. The van der Waals surface area contributed by atoms with Crippen molar-refractivity contribution in [3.63, 3.8) is 0 Å². The van der Waals surface area contributed by atoms with Gasteiger partial charge in [-0.05, 0) is 44.2 Å². The lowest BCUT2D eigenvalue weighted by Gasteiger charge is -2.18. The average Bonchev–Trinajstić information content (AvgIpc) is 2.76. The van der Waals surface area contributed by atoms with Crippen molar-refractivity contribution >= 4 is 27.5 Å². The zero-order valence-corrected chi connectivity index (χ0v) is 14.6. The lowest BCUT2D eigenvalue weighted by molar-refractivity contribution is 0.0846. The molecular formula is C17H14F2N2O4S. The fraction of sp³-hybridized carbons (Fsp3) is 0.176. The van der Waals surface area contributed by atoms with Crippen LogP contribution in [0.1, 0.15) is 34.6 Å². The Balaban J connectivity index is 1.97. The van der Waals surface area contributed by atoms with Crippen LogP contribution in [-0.2, 0) is 10.0 Å². The predicted molar refractivity (Wildman–Crippen MR) is 89.2 cm³/mol. The van der Waals surface area contributed by atoms with Gasteiger partial charge in [-0.25, -0.2) is 21.5 Å². The summed E-state index contributed by atoms with van der Waals surface area (Å²) >= 11 is 0. The molecule has 136 valence electrons. The summed E-state index contributed by atoms with van der Waals surface area (Å²) in [6.07, 6.45) is 0. The maximum Gasteiger partial charge on any atom is 0.269 e. The molecule has 1 heterocycles. The third-order valence-corrected chi connectivity index (χ3v) is 5.86. The number of anilines is 1. The molecule has 0 atom stereocenters. The quantitative estimate of drug-likeness (QED) is 0.888. The number of amides is 2. The Labute approximate surface area is 148 Å². The summed E-state index contributed by atoms with van der Waals surface area (Å²) in [5.41, 5.74) is -0.350. The van der Waals surface area contributed by atoms with Crippen molar-refractivity contribution in [2.24, 2.45) is 0 Å². The molecule has 0 saturated carbocycles. The Bertz CT molecular complexity index is 1040. The molecule has 0 aromatic heterocycles. The number of nitrogens with one attached hydrogen (secondary N) is 1. The highest BCUT2D eigenvalue weighted by atomic mass is 32.2. The van der Waals surface area contributed by atoms with Crippen LogP contribution in [0.2, 0.25) is 0 Å². The van der Waals surface area contributed by atoms with E-state index in [4.69, 9.17) is 0 Å². The first-order valence-electron chi connectivity index (χ1n) is 7.62. The summed E-state index contributed by atoms with van der Waals surface area (Å²) in [7, 11) is -4.06. The van der Waals surface area contributed by atoms with Crippen LogP contribution in [0.5, 0.6) is 0 Å². The molecule has 9 heteroatoms. The van der Waals surface area contributed by atoms with Gasteiger partial charge in [0.2, 0.25) is 0 Å². The van der Waals surface area contributed by atoms with E-state index in [0.717, 1.165) is 22.5 Å². The number of carbonyl (C=O) groups is 2. The van der Waals surface area contributed by atoms with E-state index < -0.39 is 39.5 Å². The number of sulfonamides is 1. The second-order valence-corrected chi connectivity index (χ2v) is 7.77. The van der Waals surface area contributed by atoms with Gasteiger partial charge >= 0.3 is 0 Å². The molecule has 0 saturated heterocycles. The Morgan fingerprint density at radius 3 is 2.42 bits per heavy atom. The smallest absolute Gasteiger partial charge is 0.269 e. The fourth-order valence-electron chi connectivity index (χ4n) is 2.68. The van der Waals surface area contributed by atoms with E-state index in [1.807, 2.05) is 0 Å². The highest BCUT2D eigenvalue weighted by molar-refractivity contribution is 7.90. The fourth-order valence-corrected chi connectivity index (χ4v) is 4.48. The Morgan fingerprint density at radius 2 is 1.81 bits per heavy atom. The average molecular weight is 380 g/mol. The summed E-state index contributed by atoms with van der Waals surface area (Å²) < 4.78 is 52.4. The van der Waals surface area contributed by atoms with E-state index in [9.17, 15) is 26.8 Å². The standard InChI is InChI=1S/C17H14F2N2O4S/c1-9(2)21-17(23)12-5-3-10(7-15(12)26(21,24)25)16(22)20-14-6-4-11(18)8-13(14)19/h3-9H,1-2H3,(H,20,22). The number of nitrogens with zero attached hydrogens (tertiary/aromatic N) is 1. The van der Waals surface area contributed by atoms with Crippen LogP contribution in [-0.4, -0.2) is 30.6 Å². The number of carbonyl (C=O) groups excluding carboxylic acids is 2. The topological polar surface area (TPSA) is 83.6 Å². The van der Waals surface area contributed by atoms with Crippen molar-refractivity contribution in [1.29, 1.82) is 0 Å². The van der Waals surface area contributed by atoms with Crippen molar-refractivity contribution in [3.8, 4) is 0 Å². The number of halogens is 2. The van der Waals surface area contributed by atoms with Crippen molar-refractivity contribution in [3.05, 3.63) is 59.2 Å². The minimum Gasteiger partial charge on any atom is -0.319 e. The first-order chi connectivity index (χ1) is 12.1. The summed E-state index contributed by atoms with van der Waals surface area (Å²) in [4.78, 5) is 24.3. The molecule has 2 amide bonds. The predicted octanol–water partition coefficient (Wildman–Crippen LogP) is 2.77. The van der Waals surface area contributed by atoms with Crippen molar-refractivity contribution < 1.29 is 26.8 Å². The summed E-state index contributed by atoms with van der Waals surface area (Å²) in [5, 5.41) is 2.24. The highest BCUT2D eigenvalue weighted by Gasteiger charge is 2.42. The summed E-state index contributed by atoms with van der Waals surface area (Å²) in [6, 6.07) is 5.65. The van der Waals surface area contributed by atoms with E-state index in [2.05, 4.69) is 5.32 Å². The SMILES string of the molecule is CC(C)N1C(=O)c2ccc(C(=O)Nc3ccc(F)cc3F)cc2S1(=O)=O. The first-order valence-corrected chi connectivity index (χ1v) is 9.06. The van der Waals surface area contributed by atoms with E-state index in [0.29, 0.717) is 6.07 Å². The lowest BCUT2D eigenvalue weighted by Crippen LogP contribution is -2.36.